The van der Waals surface area contributed by atoms with Crippen LogP contribution in [0.4, 0.5) is 27.8 Å². The summed E-state index contributed by atoms with van der Waals surface area (Å²) < 4.78 is 68.4. The third kappa shape index (κ3) is 6.22. The van der Waals surface area contributed by atoms with Crippen molar-refractivity contribution in [1.29, 1.82) is 0 Å². The Labute approximate surface area is 187 Å². The van der Waals surface area contributed by atoms with Gasteiger partial charge >= 0.3 is 13.3 Å². The molecule has 1 amide bonds. The Hall–Kier alpha value is -3.14. The quantitative estimate of drug-likeness (QED) is 0.604. The number of amidine groups is 1. The molecule has 2 aromatic rings. The standard InChI is InChI=1S/C16H16F2N6O4S.CHF3/c17-14(18)28-11-4-20-9(3-21-11)12(25)22-10-6-29-13(23-10)16-7-26-2-1-8(16)5-27-15(19)24-16;2-1(3)4/h3-4,6,8,14H,1-2,5,7H2,(H2,19,24)(H,22,25);1H. The van der Waals surface area contributed by atoms with Crippen molar-refractivity contribution in [2.45, 2.75) is 25.3 Å². The minimum Gasteiger partial charge on any atom is -0.465 e. The first kappa shape index (κ1) is 24.5. The van der Waals surface area contributed by atoms with Crippen molar-refractivity contribution < 1.29 is 41.0 Å². The van der Waals surface area contributed by atoms with E-state index in [1.807, 2.05) is 0 Å². The fraction of sp³-hybridized carbons (Fsp3) is 0.471. The van der Waals surface area contributed by atoms with Crippen LogP contribution in [0.3, 0.4) is 0 Å². The molecule has 0 aliphatic carbocycles. The number of alkyl halides is 5. The molecule has 2 unspecified atom stereocenters. The molecule has 1 fully saturated rings. The van der Waals surface area contributed by atoms with Crippen molar-refractivity contribution in [1.82, 2.24) is 15.0 Å². The molecule has 4 heterocycles. The van der Waals surface area contributed by atoms with Crippen molar-refractivity contribution in [2.75, 3.05) is 25.1 Å². The van der Waals surface area contributed by atoms with Gasteiger partial charge in [-0.25, -0.2) is 19.9 Å². The van der Waals surface area contributed by atoms with Gasteiger partial charge in [0.05, 0.1) is 25.6 Å². The second-order valence-electron chi connectivity index (χ2n) is 6.58. The molecule has 1 saturated heterocycles. The molecule has 16 heteroatoms. The third-order valence-corrected chi connectivity index (χ3v) is 5.55. The van der Waals surface area contributed by atoms with Gasteiger partial charge in [0, 0.05) is 17.9 Å². The van der Waals surface area contributed by atoms with Gasteiger partial charge in [-0.15, -0.1) is 11.3 Å². The zero-order valence-electron chi connectivity index (χ0n) is 16.6. The lowest BCUT2D eigenvalue weighted by Gasteiger charge is -2.41. The molecule has 0 bridgehead atoms. The van der Waals surface area contributed by atoms with Crippen LogP contribution in [-0.4, -0.2) is 60.0 Å². The Morgan fingerprint density at radius 1 is 1.27 bits per heavy atom. The molecule has 4 rings (SSSR count). The van der Waals surface area contributed by atoms with Gasteiger partial charge in [-0.3, -0.25) is 4.79 Å². The van der Waals surface area contributed by atoms with Gasteiger partial charge < -0.3 is 25.3 Å². The number of aromatic nitrogens is 3. The molecule has 0 aromatic carbocycles. The third-order valence-electron chi connectivity index (χ3n) is 4.54. The highest BCUT2D eigenvalue weighted by molar-refractivity contribution is 7.10. The Morgan fingerprint density at radius 3 is 2.70 bits per heavy atom. The van der Waals surface area contributed by atoms with Crippen molar-refractivity contribution in [3.63, 3.8) is 0 Å². The predicted molar refractivity (Wildman–Crippen MR) is 104 cm³/mol. The summed E-state index contributed by atoms with van der Waals surface area (Å²) in [5.74, 6) is -0.623. The van der Waals surface area contributed by atoms with Crippen LogP contribution < -0.4 is 15.8 Å². The maximum atomic E-state index is 12.3. The summed E-state index contributed by atoms with van der Waals surface area (Å²) in [6.45, 7) is -5.35. The summed E-state index contributed by atoms with van der Waals surface area (Å²) in [5.41, 5.74) is 4.95. The number of hydrogen-bond acceptors (Lipinski definition) is 10. The molecule has 3 N–H and O–H groups in total. The number of rotatable bonds is 5. The zero-order chi connectivity index (χ0) is 24.0. The molecular formula is C17H17F5N6O4S. The molecule has 2 aliphatic rings. The van der Waals surface area contributed by atoms with E-state index in [1.165, 1.54) is 11.3 Å². The highest BCUT2D eigenvalue weighted by atomic mass is 32.1. The van der Waals surface area contributed by atoms with Crippen LogP contribution >= 0.6 is 11.3 Å². The Balaban J connectivity index is 0.000000709. The monoisotopic (exact) mass is 496 g/mol. The second-order valence-corrected chi connectivity index (χ2v) is 7.44. The number of carbonyl (C=O) groups is 1. The average molecular weight is 496 g/mol. The van der Waals surface area contributed by atoms with Crippen molar-refractivity contribution in [3.05, 3.63) is 28.5 Å². The van der Waals surface area contributed by atoms with E-state index in [-0.39, 0.29) is 23.5 Å². The molecule has 0 saturated carbocycles. The maximum absolute atomic E-state index is 12.3. The smallest absolute Gasteiger partial charge is 0.388 e. The lowest BCUT2D eigenvalue weighted by Crippen LogP contribution is -2.49. The number of nitrogens with one attached hydrogen (secondary N) is 1. The first-order chi connectivity index (χ1) is 15.7. The number of amides is 1. The van der Waals surface area contributed by atoms with E-state index in [1.54, 1.807) is 5.38 Å². The number of hydrogen-bond donors (Lipinski definition) is 2. The zero-order valence-corrected chi connectivity index (χ0v) is 17.4. The Bertz CT molecular complexity index is 976. The van der Waals surface area contributed by atoms with Crippen molar-refractivity contribution in [2.24, 2.45) is 16.6 Å². The largest absolute Gasteiger partial charge is 0.465 e. The summed E-state index contributed by atoms with van der Waals surface area (Å²) in [5, 5.41) is 4.91. The van der Waals surface area contributed by atoms with Crippen LogP contribution in [0, 0.1) is 5.92 Å². The van der Waals surface area contributed by atoms with Gasteiger partial charge in [0.1, 0.15) is 22.1 Å². The van der Waals surface area contributed by atoms with E-state index >= 15 is 0 Å². The predicted octanol–water partition coefficient (Wildman–Crippen LogP) is 2.54. The van der Waals surface area contributed by atoms with Crippen LogP contribution in [0.5, 0.6) is 5.88 Å². The highest BCUT2D eigenvalue weighted by Crippen LogP contribution is 2.43. The van der Waals surface area contributed by atoms with Crippen LogP contribution in [0.1, 0.15) is 21.9 Å². The number of thiazole rings is 1. The van der Waals surface area contributed by atoms with E-state index in [0.29, 0.717) is 30.6 Å². The number of nitrogens with zero attached hydrogens (tertiary/aromatic N) is 4. The fourth-order valence-electron chi connectivity index (χ4n) is 3.15. The minimum atomic E-state index is -3.67. The molecule has 0 radical (unpaired) electrons. The normalized spacial score (nSPS) is 21.9. The molecule has 2 aliphatic heterocycles. The number of ether oxygens (including phenoxy) is 3. The number of anilines is 1. The first-order valence-corrected chi connectivity index (χ1v) is 10.1. The van der Waals surface area contributed by atoms with Gasteiger partial charge in [0.25, 0.3) is 11.9 Å². The van der Waals surface area contributed by atoms with Crippen LogP contribution in [0.15, 0.2) is 22.8 Å². The minimum absolute atomic E-state index is 0.0616. The molecule has 10 nitrogen and oxygen atoms in total. The van der Waals surface area contributed by atoms with Crippen LogP contribution in [-0.2, 0) is 15.0 Å². The van der Waals surface area contributed by atoms with E-state index in [9.17, 15) is 26.7 Å². The maximum Gasteiger partial charge on any atom is 0.388 e. The summed E-state index contributed by atoms with van der Waals surface area (Å²) in [6, 6.07) is 0.0777. The Morgan fingerprint density at radius 2 is 2.03 bits per heavy atom. The van der Waals surface area contributed by atoms with E-state index < -0.39 is 24.7 Å². The second kappa shape index (κ2) is 10.7. The number of halogens is 5. The first-order valence-electron chi connectivity index (χ1n) is 9.22. The number of carbonyl (C=O) groups excluding carboxylic acids is 1. The summed E-state index contributed by atoms with van der Waals surface area (Å²) in [7, 11) is 0. The SMILES string of the molecule is FC(F)F.NC1=NC2(c3nc(NC(=O)c4cnc(OC(F)F)cn4)cs3)COCCC2CO1. The Kier molecular flexibility index (Phi) is 7.91. The van der Waals surface area contributed by atoms with Crippen LogP contribution in [0.25, 0.3) is 0 Å². The number of nitrogens with two attached hydrogens (primary N) is 1. The summed E-state index contributed by atoms with van der Waals surface area (Å²) >= 11 is 1.32. The van der Waals surface area contributed by atoms with Gasteiger partial charge in [-0.1, -0.05) is 0 Å². The molecule has 2 atom stereocenters. The lowest BCUT2D eigenvalue weighted by atomic mass is 9.81. The van der Waals surface area contributed by atoms with Gasteiger partial charge in [-0.2, -0.15) is 22.0 Å². The highest BCUT2D eigenvalue weighted by Gasteiger charge is 2.48. The topological polar surface area (TPSA) is 134 Å². The number of aliphatic imine (C=N–C) groups is 1. The summed E-state index contributed by atoms with van der Waals surface area (Å²) in [6.07, 6.45) is 2.73. The van der Waals surface area contributed by atoms with Crippen LogP contribution in [0.2, 0.25) is 0 Å². The van der Waals surface area contributed by atoms with Gasteiger partial charge in [-0.05, 0) is 6.42 Å². The molecule has 180 valence electrons. The molecular weight excluding hydrogens is 479 g/mol. The van der Waals surface area contributed by atoms with E-state index in [0.717, 1.165) is 18.8 Å². The molecule has 0 spiro atoms. The van der Waals surface area contributed by atoms with Crippen molar-refractivity contribution in [3.8, 4) is 5.88 Å². The van der Waals surface area contributed by atoms with Gasteiger partial charge in [0.15, 0.2) is 0 Å². The summed E-state index contributed by atoms with van der Waals surface area (Å²) in [4.78, 5) is 28.7. The van der Waals surface area contributed by atoms with E-state index in [2.05, 4.69) is 30.0 Å². The molecule has 33 heavy (non-hydrogen) atoms. The molecule has 2 aromatic heterocycles. The number of fused-ring (bicyclic) bond motifs is 1. The lowest BCUT2D eigenvalue weighted by molar-refractivity contribution is -0.0531. The van der Waals surface area contributed by atoms with E-state index in [4.69, 9.17) is 15.2 Å². The average Bonchev–Trinajstić information content (AvgIpc) is 3.22. The van der Waals surface area contributed by atoms with Crippen molar-refractivity contribution >= 4 is 29.1 Å². The van der Waals surface area contributed by atoms with Gasteiger partial charge in [0.2, 0.25) is 5.88 Å². The fourth-order valence-corrected chi connectivity index (χ4v) is 4.11.